The number of benzene rings is 2. The summed E-state index contributed by atoms with van der Waals surface area (Å²) in [7, 11) is 0. The lowest BCUT2D eigenvalue weighted by Gasteiger charge is -2.22. The molecule has 0 radical (unpaired) electrons. The SMILES string of the molecule is Cc1ccc(C)c(C(NCC2CC2)c2ccccc2)c1. The molecule has 1 nitrogen and oxygen atoms in total. The standard InChI is InChI=1S/C19H23N/c1-14-8-9-15(2)18(12-14)19(20-13-16-10-11-16)17-6-4-3-5-7-17/h3-9,12,16,19-20H,10-11,13H2,1-2H3. The zero-order valence-electron chi connectivity index (χ0n) is 12.4. The van der Waals surface area contributed by atoms with E-state index in [-0.39, 0.29) is 0 Å². The number of nitrogens with one attached hydrogen (secondary N) is 1. The lowest BCUT2D eigenvalue weighted by molar-refractivity contribution is 0.571. The van der Waals surface area contributed by atoms with Gasteiger partial charge in [0.25, 0.3) is 0 Å². The van der Waals surface area contributed by atoms with Crippen LogP contribution in [0.4, 0.5) is 0 Å². The highest BCUT2D eigenvalue weighted by Gasteiger charge is 2.23. The largest absolute Gasteiger partial charge is 0.306 e. The van der Waals surface area contributed by atoms with Crippen molar-refractivity contribution in [3.63, 3.8) is 0 Å². The molecular formula is C19H23N. The molecule has 3 rings (SSSR count). The van der Waals surface area contributed by atoms with Crippen LogP contribution in [0, 0.1) is 19.8 Å². The molecule has 1 aliphatic carbocycles. The first-order valence-corrected chi connectivity index (χ1v) is 7.59. The lowest BCUT2D eigenvalue weighted by atomic mass is 9.93. The third-order valence-electron chi connectivity index (χ3n) is 4.19. The van der Waals surface area contributed by atoms with Crippen LogP contribution in [-0.4, -0.2) is 6.54 Å². The van der Waals surface area contributed by atoms with Crippen LogP contribution < -0.4 is 5.32 Å². The Kier molecular flexibility index (Phi) is 3.88. The predicted octanol–water partition coefficient (Wildman–Crippen LogP) is 4.39. The van der Waals surface area contributed by atoms with E-state index in [2.05, 4.69) is 67.7 Å². The van der Waals surface area contributed by atoms with Crippen LogP contribution in [0.15, 0.2) is 48.5 Å². The minimum absolute atomic E-state index is 0.316. The number of rotatable bonds is 5. The van der Waals surface area contributed by atoms with Crippen molar-refractivity contribution in [2.45, 2.75) is 32.7 Å². The van der Waals surface area contributed by atoms with E-state index >= 15 is 0 Å². The van der Waals surface area contributed by atoms with Crippen molar-refractivity contribution in [3.8, 4) is 0 Å². The normalized spacial score (nSPS) is 16.1. The van der Waals surface area contributed by atoms with Gasteiger partial charge in [-0.3, -0.25) is 0 Å². The molecule has 104 valence electrons. The molecule has 1 atom stereocenters. The van der Waals surface area contributed by atoms with E-state index in [9.17, 15) is 0 Å². The highest BCUT2D eigenvalue weighted by Crippen LogP contribution is 2.31. The first-order chi connectivity index (χ1) is 9.74. The molecule has 0 bridgehead atoms. The number of hydrogen-bond acceptors (Lipinski definition) is 1. The van der Waals surface area contributed by atoms with Gasteiger partial charge in [-0.1, -0.05) is 54.1 Å². The van der Waals surface area contributed by atoms with Crippen molar-refractivity contribution in [1.82, 2.24) is 5.32 Å². The first kappa shape index (κ1) is 13.4. The zero-order chi connectivity index (χ0) is 13.9. The Hall–Kier alpha value is -1.60. The number of hydrogen-bond donors (Lipinski definition) is 1. The second-order valence-electron chi connectivity index (χ2n) is 6.06. The van der Waals surface area contributed by atoms with E-state index < -0.39 is 0 Å². The maximum Gasteiger partial charge on any atom is 0.0579 e. The summed E-state index contributed by atoms with van der Waals surface area (Å²) in [6.45, 7) is 5.52. The summed E-state index contributed by atoms with van der Waals surface area (Å²) in [6.07, 6.45) is 2.78. The van der Waals surface area contributed by atoms with Crippen molar-refractivity contribution in [2.75, 3.05) is 6.54 Å². The summed E-state index contributed by atoms with van der Waals surface area (Å²) in [5, 5.41) is 3.78. The number of aryl methyl sites for hydroxylation is 2. The van der Waals surface area contributed by atoms with E-state index in [0.717, 1.165) is 12.5 Å². The van der Waals surface area contributed by atoms with Gasteiger partial charge in [-0.15, -0.1) is 0 Å². The van der Waals surface area contributed by atoms with Gasteiger partial charge in [0.15, 0.2) is 0 Å². The van der Waals surface area contributed by atoms with E-state index in [1.165, 1.54) is 35.1 Å². The van der Waals surface area contributed by atoms with Crippen molar-refractivity contribution in [3.05, 3.63) is 70.8 Å². The van der Waals surface area contributed by atoms with Crippen LogP contribution in [-0.2, 0) is 0 Å². The molecule has 0 spiro atoms. The van der Waals surface area contributed by atoms with Crippen LogP contribution in [0.3, 0.4) is 0 Å². The Labute approximate surface area is 122 Å². The summed E-state index contributed by atoms with van der Waals surface area (Å²) in [5.74, 6) is 0.895. The molecule has 20 heavy (non-hydrogen) atoms. The fourth-order valence-corrected chi connectivity index (χ4v) is 2.73. The van der Waals surface area contributed by atoms with Gasteiger partial charge < -0.3 is 5.32 Å². The molecule has 0 saturated heterocycles. The van der Waals surface area contributed by atoms with Crippen LogP contribution in [0.5, 0.6) is 0 Å². The molecule has 0 amide bonds. The van der Waals surface area contributed by atoms with E-state index in [0.29, 0.717) is 6.04 Å². The van der Waals surface area contributed by atoms with Gasteiger partial charge in [0.2, 0.25) is 0 Å². The molecule has 0 aliphatic heterocycles. The summed E-state index contributed by atoms with van der Waals surface area (Å²) < 4.78 is 0. The van der Waals surface area contributed by atoms with Crippen molar-refractivity contribution in [2.24, 2.45) is 5.92 Å². The van der Waals surface area contributed by atoms with Crippen molar-refractivity contribution < 1.29 is 0 Å². The summed E-state index contributed by atoms with van der Waals surface area (Å²) >= 11 is 0. The molecule has 1 fully saturated rings. The molecule has 1 N–H and O–H groups in total. The minimum atomic E-state index is 0.316. The van der Waals surface area contributed by atoms with Crippen LogP contribution in [0.2, 0.25) is 0 Å². The Bertz CT molecular complexity index is 570. The molecule has 0 heterocycles. The highest BCUT2D eigenvalue weighted by atomic mass is 14.9. The van der Waals surface area contributed by atoms with Gasteiger partial charge in [0.1, 0.15) is 0 Å². The average Bonchev–Trinajstić information content (AvgIpc) is 3.28. The smallest absolute Gasteiger partial charge is 0.0579 e. The van der Waals surface area contributed by atoms with Gasteiger partial charge >= 0.3 is 0 Å². The molecule has 1 aliphatic rings. The molecule has 2 aromatic rings. The predicted molar refractivity (Wildman–Crippen MR) is 84.9 cm³/mol. The van der Waals surface area contributed by atoms with E-state index in [1.807, 2.05) is 0 Å². The van der Waals surface area contributed by atoms with Gasteiger partial charge in [-0.25, -0.2) is 0 Å². The quantitative estimate of drug-likeness (QED) is 0.845. The minimum Gasteiger partial charge on any atom is -0.306 e. The fourth-order valence-electron chi connectivity index (χ4n) is 2.73. The average molecular weight is 265 g/mol. The fraction of sp³-hybridized carbons (Fsp3) is 0.368. The van der Waals surface area contributed by atoms with Crippen LogP contribution >= 0.6 is 0 Å². The van der Waals surface area contributed by atoms with Gasteiger partial charge in [-0.2, -0.15) is 0 Å². The molecule has 1 saturated carbocycles. The van der Waals surface area contributed by atoms with Crippen LogP contribution in [0.1, 0.15) is 41.1 Å². The summed E-state index contributed by atoms with van der Waals surface area (Å²) in [5.41, 5.74) is 5.48. The van der Waals surface area contributed by atoms with Crippen LogP contribution in [0.25, 0.3) is 0 Å². The Morgan fingerprint density at radius 2 is 1.80 bits per heavy atom. The second kappa shape index (κ2) is 5.80. The first-order valence-electron chi connectivity index (χ1n) is 7.59. The Morgan fingerprint density at radius 3 is 2.50 bits per heavy atom. The highest BCUT2D eigenvalue weighted by molar-refractivity contribution is 5.39. The molecule has 1 unspecified atom stereocenters. The summed E-state index contributed by atoms with van der Waals surface area (Å²) in [4.78, 5) is 0. The monoisotopic (exact) mass is 265 g/mol. The molecule has 2 aromatic carbocycles. The molecule has 1 heteroatoms. The van der Waals surface area contributed by atoms with Gasteiger partial charge in [0.05, 0.1) is 6.04 Å². The van der Waals surface area contributed by atoms with Gasteiger partial charge in [0, 0.05) is 0 Å². The van der Waals surface area contributed by atoms with E-state index in [4.69, 9.17) is 0 Å². The third kappa shape index (κ3) is 3.10. The van der Waals surface area contributed by atoms with Crippen molar-refractivity contribution >= 4 is 0 Å². The second-order valence-corrected chi connectivity index (χ2v) is 6.06. The lowest BCUT2D eigenvalue weighted by Crippen LogP contribution is -2.25. The Morgan fingerprint density at radius 1 is 1.05 bits per heavy atom. The maximum absolute atomic E-state index is 3.78. The molecule has 0 aromatic heterocycles. The summed E-state index contributed by atoms with van der Waals surface area (Å²) in [6, 6.07) is 17.9. The zero-order valence-corrected chi connectivity index (χ0v) is 12.4. The van der Waals surface area contributed by atoms with E-state index in [1.54, 1.807) is 0 Å². The molecular weight excluding hydrogens is 242 g/mol. The van der Waals surface area contributed by atoms with Crippen molar-refractivity contribution in [1.29, 1.82) is 0 Å². The topological polar surface area (TPSA) is 12.0 Å². The third-order valence-corrected chi connectivity index (χ3v) is 4.19. The van der Waals surface area contributed by atoms with Gasteiger partial charge in [-0.05, 0) is 55.8 Å². The maximum atomic E-state index is 3.78. The Balaban J connectivity index is 1.92.